The van der Waals surface area contributed by atoms with Crippen LogP contribution in [0.2, 0.25) is 0 Å². The van der Waals surface area contributed by atoms with Gasteiger partial charge in [0.2, 0.25) is 0 Å². The minimum atomic E-state index is -0.266. The van der Waals surface area contributed by atoms with Crippen LogP contribution in [0.4, 0.5) is 0 Å². The number of hydrogen-bond acceptors (Lipinski definition) is 5. The van der Waals surface area contributed by atoms with Gasteiger partial charge in [0.05, 0.1) is 0 Å². The van der Waals surface area contributed by atoms with Crippen molar-refractivity contribution in [2.45, 2.75) is 23.5 Å². The number of oxime groups is 1. The van der Waals surface area contributed by atoms with Crippen LogP contribution in [0.3, 0.4) is 0 Å². The lowest BCUT2D eigenvalue weighted by Gasteiger charge is -2.08. The highest BCUT2D eigenvalue weighted by molar-refractivity contribution is 9.10. The first-order valence-corrected chi connectivity index (χ1v) is 7.28. The Morgan fingerprint density at radius 1 is 1.65 bits per heavy atom. The quantitative estimate of drug-likeness (QED) is 0.333. The summed E-state index contributed by atoms with van der Waals surface area (Å²) in [5, 5.41) is 18.7. The first-order chi connectivity index (χ1) is 9.56. The van der Waals surface area contributed by atoms with E-state index in [1.54, 1.807) is 12.1 Å². The van der Waals surface area contributed by atoms with Gasteiger partial charge >= 0.3 is 5.69 Å². The lowest BCUT2D eigenvalue weighted by Crippen LogP contribution is -2.16. The number of nitrogens with one attached hydrogen (secondary N) is 1. The SMILES string of the molecule is CCn1c(Sc2ccc(Br)cc2/C(N)=N/O)n[nH]c1=O. The van der Waals surface area contributed by atoms with Crippen molar-refractivity contribution in [2.24, 2.45) is 10.9 Å². The molecule has 0 radical (unpaired) electrons. The summed E-state index contributed by atoms with van der Waals surface area (Å²) in [6.07, 6.45) is 0. The molecule has 0 unspecified atom stereocenters. The number of hydrogen-bond donors (Lipinski definition) is 3. The second-order valence-electron chi connectivity index (χ2n) is 3.78. The Labute approximate surface area is 127 Å². The molecule has 0 aliphatic heterocycles. The van der Waals surface area contributed by atoms with Crippen molar-refractivity contribution < 1.29 is 5.21 Å². The zero-order chi connectivity index (χ0) is 14.7. The van der Waals surface area contributed by atoms with Crippen LogP contribution in [-0.2, 0) is 6.54 Å². The van der Waals surface area contributed by atoms with E-state index in [0.29, 0.717) is 17.3 Å². The van der Waals surface area contributed by atoms with E-state index in [1.807, 2.05) is 13.0 Å². The van der Waals surface area contributed by atoms with Crippen LogP contribution < -0.4 is 11.4 Å². The van der Waals surface area contributed by atoms with Crippen molar-refractivity contribution in [1.82, 2.24) is 14.8 Å². The van der Waals surface area contributed by atoms with E-state index in [-0.39, 0.29) is 11.5 Å². The van der Waals surface area contributed by atoms with Gasteiger partial charge in [-0.15, -0.1) is 5.10 Å². The van der Waals surface area contributed by atoms with E-state index >= 15 is 0 Å². The van der Waals surface area contributed by atoms with Crippen molar-refractivity contribution in [2.75, 3.05) is 0 Å². The molecule has 1 heterocycles. The van der Waals surface area contributed by atoms with Crippen molar-refractivity contribution in [1.29, 1.82) is 0 Å². The highest BCUT2D eigenvalue weighted by Crippen LogP contribution is 2.30. The molecule has 0 aliphatic carbocycles. The zero-order valence-electron chi connectivity index (χ0n) is 10.5. The van der Waals surface area contributed by atoms with Gasteiger partial charge in [0.15, 0.2) is 11.0 Å². The summed E-state index contributed by atoms with van der Waals surface area (Å²) in [5.41, 5.74) is 5.96. The highest BCUT2D eigenvalue weighted by Gasteiger charge is 2.14. The third kappa shape index (κ3) is 2.88. The number of nitrogens with two attached hydrogens (primary N) is 1. The molecular formula is C11H12BrN5O2S. The minimum Gasteiger partial charge on any atom is -0.409 e. The van der Waals surface area contributed by atoms with E-state index in [0.717, 1.165) is 9.37 Å². The Bertz CT molecular complexity index is 709. The van der Waals surface area contributed by atoms with Crippen LogP contribution in [0.15, 0.2) is 42.7 Å². The molecule has 1 aromatic heterocycles. The maximum absolute atomic E-state index is 11.5. The fourth-order valence-corrected chi connectivity index (χ4v) is 2.98. The lowest BCUT2D eigenvalue weighted by molar-refractivity contribution is 0.318. The summed E-state index contributed by atoms with van der Waals surface area (Å²) in [6.45, 7) is 2.36. The van der Waals surface area contributed by atoms with Crippen molar-refractivity contribution in [3.63, 3.8) is 0 Å². The maximum Gasteiger partial charge on any atom is 0.343 e. The standard InChI is InChI=1S/C11H12BrN5O2S/c1-2-17-10(18)14-15-11(17)20-8-4-3-6(12)5-7(8)9(13)16-19/h3-5,19H,2H2,1H3,(H2,13,16)(H,14,18). The van der Waals surface area contributed by atoms with E-state index in [4.69, 9.17) is 10.9 Å². The maximum atomic E-state index is 11.5. The molecule has 0 fully saturated rings. The summed E-state index contributed by atoms with van der Waals surface area (Å²) >= 11 is 4.60. The summed E-state index contributed by atoms with van der Waals surface area (Å²) in [7, 11) is 0. The molecule has 106 valence electrons. The third-order valence-corrected chi connectivity index (χ3v) is 4.13. The topological polar surface area (TPSA) is 109 Å². The lowest BCUT2D eigenvalue weighted by atomic mass is 10.2. The molecule has 9 heteroatoms. The van der Waals surface area contributed by atoms with Crippen molar-refractivity contribution >= 4 is 33.5 Å². The number of aromatic nitrogens is 3. The molecular weight excluding hydrogens is 346 g/mol. The number of amidine groups is 1. The molecule has 2 rings (SSSR count). The fraction of sp³-hybridized carbons (Fsp3) is 0.182. The molecule has 1 aromatic carbocycles. The number of H-pyrrole nitrogens is 1. The molecule has 0 amide bonds. The molecule has 4 N–H and O–H groups in total. The van der Waals surface area contributed by atoms with Crippen LogP contribution in [0, 0.1) is 0 Å². The molecule has 0 saturated carbocycles. The van der Waals surface area contributed by atoms with Gasteiger partial charge in [-0.1, -0.05) is 21.1 Å². The average Bonchev–Trinajstić information content (AvgIpc) is 2.80. The van der Waals surface area contributed by atoms with Gasteiger partial charge in [-0.25, -0.2) is 9.89 Å². The second kappa shape index (κ2) is 6.14. The molecule has 2 aromatic rings. The second-order valence-corrected chi connectivity index (χ2v) is 5.71. The largest absolute Gasteiger partial charge is 0.409 e. The summed E-state index contributed by atoms with van der Waals surface area (Å²) in [6, 6.07) is 5.37. The van der Waals surface area contributed by atoms with Crippen molar-refractivity contribution in [3.8, 4) is 0 Å². The summed E-state index contributed by atoms with van der Waals surface area (Å²) < 4.78 is 2.31. The van der Waals surface area contributed by atoms with E-state index in [1.165, 1.54) is 16.3 Å². The Kier molecular flexibility index (Phi) is 4.50. The number of aromatic amines is 1. The van der Waals surface area contributed by atoms with Crippen LogP contribution in [0.1, 0.15) is 12.5 Å². The van der Waals surface area contributed by atoms with Gasteiger partial charge in [-0.2, -0.15) is 0 Å². The van der Waals surface area contributed by atoms with Gasteiger partial charge in [0.25, 0.3) is 0 Å². The van der Waals surface area contributed by atoms with E-state index < -0.39 is 0 Å². The van der Waals surface area contributed by atoms with Gasteiger partial charge in [-0.3, -0.25) is 4.57 Å². The molecule has 0 bridgehead atoms. The predicted molar refractivity (Wildman–Crippen MR) is 79.3 cm³/mol. The fourth-order valence-electron chi connectivity index (χ4n) is 1.60. The van der Waals surface area contributed by atoms with E-state index in [9.17, 15) is 4.79 Å². The molecule has 20 heavy (non-hydrogen) atoms. The molecule has 0 spiro atoms. The Balaban J connectivity index is 2.46. The van der Waals surface area contributed by atoms with Gasteiger partial charge in [0, 0.05) is 21.5 Å². The Morgan fingerprint density at radius 2 is 2.40 bits per heavy atom. The Hall–Kier alpha value is -1.74. The number of nitrogens with zero attached hydrogens (tertiary/aromatic N) is 3. The van der Waals surface area contributed by atoms with Crippen LogP contribution >= 0.6 is 27.7 Å². The molecule has 0 atom stereocenters. The third-order valence-electron chi connectivity index (χ3n) is 2.57. The number of halogens is 1. The normalized spacial score (nSPS) is 11.8. The van der Waals surface area contributed by atoms with Crippen LogP contribution in [-0.4, -0.2) is 25.8 Å². The Morgan fingerprint density at radius 3 is 3.05 bits per heavy atom. The summed E-state index contributed by atoms with van der Waals surface area (Å²) in [5.74, 6) is -0.00488. The van der Waals surface area contributed by atoms with Crippen LogP contribution in [0.25, 0.3) is 0 Å². The minimum absolute atomic E-state index is 0.00488. The first-order valence-electron chi connectivity index (χ1n) is 5.67. The van der Waals surface area contributed by atoms with Gasteiger partial charge < -0.3 is 10.9 Å². The first kappa shape index (κ1) is 14.7. The smallest absolute Gasteiger partial charge is 0.343 e. The average molecular weight is 358 g/mol. The zero-order valence-corrected chi connectivity index (χ0v) is 12.9. The van der Waals surface area contributed by atoms with Gasteiger partial charge in [0.1, 0.15) is 0 Å². The number of benzene rings is 1. The molecule has 0 saturated heterocycles. The van der Waals surface area contributed by atoms with Gasteiger partial charge in [-0.05, 0) is 36.9 Å². The molecule has 0 aliphatic rings. The highest BCUT2D eigenvalue weighted by atomic mass is 79.9. The number of rotatable bonds is 4. The monoisotopic (exact) mass is 357 g/mol. The predicted octanol–water partition coefficient (Wildman–Crippen LogP) is 1.60. The summed E-state index contributed by atoms with van der Waals surface area (Å²) in [4.78, 5) is 12.3. The molecule has 7 nitrogen and oxygen atoms in total. The van der Waals surface area contributed by atoms with Crippen LogP contribution in [0.5, 0.6) is 0 Å². The van der Waals surface area contributed by atoms with E-state index in [2.05, 4.69) is 31.3 Å². The van der Waals surface area contributed by atoms with Crippen molar-refractivity contribution in [3.05, 3.63) is 38.7 Å².